The predicted octanol–water partition coefficient (Wildman–Crippen LogP) is 7.22. The minimum absolute atomic E-state index is 0.0188. The summed E-state index contributed by atoms with van der Waals surface area (Å²) in [6.07, 6.45) is 7.43. The van der Waals surface area contributed by atoms with Crippen molar-refractivity contribution < 1.29 is 4.39 Å². The minimum Gasteiger partial charge on any atom is -0.329 e. The number of hydrogen-bond donors (Lipinski definition) is 2. The van der Waals surface area contributed by atoms with Crippen LogP contribution in [0.4, 0.5) is 4.39 Å². The molecule has 200 valence electrons. The molecule has 0 saturated heterocycles. The van der Waals surface area contributed by atoms with Crippen LogP contribution in [-0.2, 0) is 0 Å². The van der Waals surface area contributed by atoms with Crippen molar-refractivity contribution in [1.29, 1.82) is 0 Å². The second-order valence-electron chi connectivity index (χ2n) is 9.88. The molecule has 4 nitrogen and oxygen atoms in total. The fourth-order valence-electron chi connectivity index (χ4n) is 5.36. The van der Waals surface area contributed by atoms with Gasteiger partial charge in [0.15, 0.2) is 0 Å². The number of hydrogen-bond acceptors (Lipinski definition) is 4. The van der Waals surface area contributed by atoms with E-state index in [0.717, 1.165) is 28.7 Å². The molecule has 0 bridgehead atoms. The maximum absolute atomic E-state index is 14.1. The van der Waals surface area contributed by atoms with Crippen molar-refractivity contribution >= 4 is 34.8 Å². The van der Waals surface area contributed by atoms with Gasteiger partial charge in [-0.3, -0.25) is 9.80 Å². The van der Waals surface area contributed by atoms with Gasteiger partial charge in [-0.2, -0.15) is 0 Å². The van der Waals surface area contributed by atoms with Crippen LogP contribution in [0.3, 0.4) is 0 Å². The Morgan fingerprint density at radius 2 is 1.36 bits per heavy atom. The molecule has 2 aliphatic rings. The van der Waals surface area contributed by atoms with E-state index in [9.17, 15) is 4.39 Å². The highest BCUT2D eigenvalue weighted by Crippen LogP contribution is 2.37. The van der Waals surface area contributed by atoms with Crippen molar-refractivity contribution in [1.82, 2.24) is 9.80 Å². The molecular weight excluding hydrogens is 518 g/mol. The van der Waals surface area contributed by atoms with Gasteiger partial charge in [-0.1, -0.05) is 59.8 Å². The Hall–Kier alpha value is -0.920. The van der Waals surface area contributed by atoms with Crippen molar-refractivity contribution in [3.8, 4) is 0 Å². The summed E-state index contributed by atoms with van der Waals surface area (Å²) in [5.74, 6) is -0.295. The molecule has 8 heteroatoms. The molecule has 2 aliphatic carbocycles. The first-order valence-corrected chi connectivity index (χ1v) is 14.2. The molecular formula is C28H40Cl3FN4. The lowest BCUT2D eigenvalue weighted by atomic mass is 10.0. The minimum atomic E-state index is -0.295. The average molecular weight is 558 g/mol. The fourth-order valence-corrected chi connectivity index (χ4v) is 6.00. The highest BCUT2D eigenvalue weighted by molar-refractivity contribution is 6.33. The fraction of sp³-hybridized carbons (Fsp3) is 0.571. The maximum atomic E-state index is 14.1. The zero-order valence-electron chi connectivity index (χ0n) is 21.4. The standard InChI is InChI=1S/C15H22ClFN2.C13H18Cl2N2/c1-11(13-7-4-8-14(16)15(13)17)19(10-9-18)12-5-2-3-6-12;1-9(17(7-6-16)11-3-4-11)12-8-10(14)2-5-13(12)15/h4,7-8,11-12H,2-3,5-6,9-10,18H2,1H3;2,5,8-9,11H,3-4,6-7,16H2,1H3. The Morgan fingerprint density at radius 3 is 1.92 bits per heavy atom. The van der Waals surface area contributed by atoms with Gasteiger partial charge in [0.2, 0.25) is 0 Å². The average Bonchev–Trinajstić information content (AvgIpc) is 3.56. The third kappa shape index (κ3) is 7.80. The Kier molecular flexibility index (Phi) is 11.8. The summed E-state index contributed by atoms with van der Waals surface area (Å²) in [6.45, 7) is 7.21. The molecule has 4 N–H and O–H groups in total. The van der Waals surface area contributed by atoms with Crippen LogP contribution in [-0.4, -0.2) is 48.1 Å². The predicted molar refractivity (Wildman–Crippen MR) is 152 cm³/mol. The van der Waals surface area contributed by atoms with Crippen LogP contribution in [0.1, 0.15) is 75.6 Å². The van der Waals surface area contributed by atoms with E-state index in [1.807, 2.05) is 37.3 Å². The number of nitrogens with two attached hydrogens (primary N) is 2. The molecule has 2 fully saturated rings. The van der Waals surface area contributed by atoms with Crippen LogP contribution in [0, 0.1) is 5.82 Å². The maximum Gasteiger partial charge on any atom is 0.146 e. The Morgan fingerprint density at radius 1 is 0.806 bits per heavy atom. The second kappa shape index (κ2) is 14.3. The van der Waals surface area contributed by atoms with Crippen molar-refractivity contribution in [3.63, 3.8) is 0 Å². The molecule has 36 heavy (non-hydrogen) atoms. The molecule has 2 aromatic rings. The largest absolute Gasteiger partial charge is 0.329 e. The van der Waals surface area contributed by atoms with Crippen molar-refractivity contribution in [2.75, 3.05) is 26.2 Å². The molecule has 0 heterocycles. The topological polar surface area (TPSA) is 58.5 Å². The lowest BCUT2D eigenvalue weighted by Crippen LogP contribution is -2.39. The number of rotatable bonds is 10. The first-order valence-electron chi connectivity index (χ1n) is 13.1. The van der Waals surface area contributed by atoms with Gasteiger partial charge in [0.1, 0.15) is 5.82 Å². The summed E-state index contributed by atoms with van der Waals surface area (Å²) in [4.78, 5) is 4.76. The Bertz CT molecular complexity index is 966. The van der Waals surface area contributed by atoms with Gasteiger partial charge >= 0.3 is 0 Å². The monoisotopic (exact) mass is 556 g/mol. The van der Waals surface area contributed by atoms with E-state index in [1.54, 1.807) is 6.07 Å². The SMILES string of the molecule is CC(c1cc(Cl)ccc1Cl)N(CCN)C1CC1.CC(c1cccc(Cl)c1F)N(CCN)C1CCCC1. The zero-order chi connectivity index (χ0) is 26.2. The molecule has 2 unspecified atom stereocenters. The summed E-state index contributed by atoms with van der Waals surface area (Å²) in [6, 6.07) is 12.4. The Balaban J connectivity index is 0.000000202. The summed E-state index contributed by atoms with van der Waals surface area (Å²) in [5.41, 5.74) is 13.2. The first-order chi connectivity index (χ1) is 17.3. The van der Waals surface area contributed by atoms with Crippen LogP contribution in [0.2, 0.25) is 15.1 Å². The van der Waals surface area contributed by atoms with Crippen molar-refractivity contribution in [3.05, 3.63) is 68.4 Å². The highest BCUT2D eigenvalue weighted by atomic mass is 35.5. The van der Waals surface area contributed by atoms with E-state index in [1.165, 1.54) is 38.5 Å². The number of benzene rings is 2. The molecule has 0 aliphatic heterocycles. The van der Waals surface area contributed by atoms with Gasteiger partial charge in [-0.15, -0.1) is 0 Å². The lowest BCUT2D eigenvalue weighted by Gasteiger charge is -2.34. The van der Waals surface area contributed by atoms with Crippen LogP contribution in [0.5, 0.6) is 0 Å². The van der Waals surface area contributed by atoms with Gasteiger partial charge in [0.25, 0.3) is 0 Å². The van der Waals surface area contributed by atoms with Gasteiger partial charge in [-0.05, 0) is 69.4 Å². The van der Waals surface area contributed by atoms with E-state index in [4.69, 9.17) is 46.3 Å². The lowest BCUT2D eigenvalue weighted by molar-refractivity contribution is 0.147. The molecule has 0 radical (unpaired) electrons. The van der Waals surface area contributed by atoms with Gasteiger partial charge < -0.3 is 11.5 Å². The summed E-state index contributed by atoms with van der Waals surface area (Å²) in [7, 11) is 0. The number of nitrogens with zero attached hydrogens (tertiary/aromatic N) is 2. The van der Waals surface area contributed by atoms with Crippen LogP contribution in [0.15, 0.2) is 36.4 Å². The molecule has 0 amide bonds. The zero-order valence-corrected chi connectivity index (χ0v) is 23.7. The van der Waals surface area contributed by atoms with Crippen LogP contribution in [0.25, 0.3) is 0 Å². The third-order valence-corrected chi connectivity index (χ3v) is 8.29. The van der Waals surface area contributed by atoms with E-state index in [-0.39, 0.29) is 22.9 Å². The van der Waals surface area contributed by atoms with Crippen molar-refractivity contribution in [2.45, 2.75) is 76.5 Å². The normalized spacial score (nSPS) is 17.8. The summed E-state index contributed by atoms with van der Waals surface area (Å²) < 4.78 is 14.1. The van der Waals surface area contributed by atoms with E-state index >= 15 is 0 Å². The van der Waals surface area contributed by atoms with Crippen LogP contribution < -0.4 is 11.5 Å². The van der Waals surface area contributed by atoms with Crippen molar-refractivity contribution in [2.24, 2.45) is 11.5 Å². The quantitative estimate of drug-likeness (QED) is 0.324. The van der Waals surface area contributed by atoms with Gasteiger partial charge in [-0.25, -0.2) is 4.39 Å². The second-order valence-corrected chi connectivity index (χ2v) is 11.1. The van der Waals surface area contributed by atoms with Gasteiger partial charge in [0.05, 0.1) is 5.02 Å². The third-order valence-electron chi connectivity index (χ3n) is 7.42. The van der Waals surface area contributed by atoms with E-state index in [2.05, 4.69) is 16.7 Å². The van der Waals surface area contributed by atoms with Crippen LogP contribution >= 0.6 is 34.8 Å². The van der Waals surface area contributed by atoms with E-state index in [0.29, 0.717) is 30.7 Å². The molecule has 2 saturated carbocycles. The molecule has 0 spiro atoms. The molecule has 2 aromatic carbocycles. The summed E-state index contributed by atoms with van der Waals surface area (Å²) >= 11 is 18.2. The molecule has 0 aromatic heterocycles. The smallest absolute Gasteiger partial charge is 0.146 e. The highest BCUT2D eigenvalue weighted by Gasteiger charge is 2.33. The summed E-state index contributed by atoms with van der Waals surface area (Å²) in [5, 5.41) is 1.72. The number of halogens is 4. The van der Waals surface area contributed by atoms with E-state index < -0.39 is 0 Å². The molecule has 4 rings (SSSR count). The Labute approximate surface area is 231 Å². The van der Waals surface area contributed by atoms with Gasteiger partial charge in [0, 0.05) is 66.0 Å². The molecule has 2 atom stereocenters. The first kappa shape index (κ1) is 29.6.